The van der Waals surface area contributed by atoms with E-state index in [0.29, 0.717) is 6.42 Å². The third-order valence-corrected chi connectivity index (χ3v) is 3.84. The Balaban J connectivity index is 2.19. The van der Waals surface area contributed by atoms with Crippen LogP contribution in [0.4, 0.5) is 0 Å². The molecule has 1 aromatic heterocycles. The molecule has 0 bridgehead atoms. The summed E-state index contributed by atoms with van der Waals surface area (Å²) >= 11 is 0. The number of esters is 1. The first-order valence-electron chi connectivity index (χ1n) is 8.17. The van der Waals surface area contributed by atoms with Crippen LogP contribution in [0.15, 0.2) is 23.3 Å². The van der Waals surface area contributed by atoms with E-state index in [2.05, 4.69) is 30.6 Å². The van der Waals surface area contributed by atoms with E-state index in [0.717, 1.165) is 44.7 Å². The number of guanidine groups is 1. The molecule has 1 heterocycles. The fraction of sp³-hybridized carbons (Fsp3) is 0.647. The summed E-state index contributed by atoms with van der Waals surface area (Å²) < 4.78 is 6.74. The van der Waals surface area contributed by atoms with Crippen molar-refractivity contribution in [3.05, 3.63) is 24.0 Å². The van der Waals surface area contributed by atoms with Crippen molar-refractivity contribution >= 4 is 11.9 Å². The molecule has 1 rings (SSSR count). The number of ether oxygens (including phenoxy) is 1. The monoisotopic (exact) mass is 322 g/mol. The highest BCUT2D eigenvalue weighted by Crippen LogP contribution is 2.05. The van der Waals surface area contributed by atoms with Gasteiger partial charge in [0.15, 0.2) is 5.96 Å². The highest BCUT2D eigenvalue weighted by molar-refractivity contribution is 5.79. The van der Waals surface area contributed by atoms with Gasteiger partial charge < -0.3 is 19.5 Å². The number of methoxy groups -OCH3 is 1. The van der Waals surface area contributed by atoms with Gasteiger partial charge in [-0.15, -0.1) is 0 Å². The van der Waals surface area contributed by atoms with Gasteiger partial charge in [0.2, 0.25) is 0 Å². The second-order valence-electron chi connectivity index (χ2n) is 5.68. The van der Waals surface area contributed by atoms with E-state index in [9.17, 15) is 4.79 Å². The van der Waals surface area contributed by atoms with Crippen molar-refractivity contribution in [2.75, 3.05) is 27.7 Å². The Labute approximate surface area is 139 Å². The lowest BCUT2D eigenvalue weighted by Gasteiger charge is -2.22. The van der Waals surface area contributed by atoms with Crippen LogP contribution in [-0.2, 0) is 23.1 Å². The van der Waals surface area contributed by atoms with Crippen molar-refractivity contribution < 1.29 is 9.53 Å². The average molecular weight is 322 g/mol. The molecular formula is C17H30N4O2. The van der Waals surface area contributed by atoms with Gasteiger partial charge in [0, 0.05) is 46.0 Å². The smallest absolute Gasteiger partial charge is 0.305 e. The minimum atomic E-state index is -0.120. The molecule has 6 nitrogen and oxygen atoms in total. The second kappa shape index (κ2) is 10.7. The van der Waals surface area contributed by atoms with Crippen LogP contribution in [0.2, 0.25) is 0 Å². The number of carbonyl (C=O) groups is 1. The number of hydrogen-bond donors (Lipinski definition) is 1. The number of rotatable bonds is 9. The molecule has 130 valence electrons. The van der Waals surface area contributed by atoms with Gasteiger partial charge in [0.1, 0.15) is 0 Å². The molecule has 1 aromatic rings. The molecule has 0 radical (unpaired) electrons. The van der Waals surface area contributed by atoms with Crippen molar-refractivity contribution in [2.45, 2.75) is 38.6 Å². The van der Waals surface area contributed by atoms with Crippen LogP contribution >= 0.6 is 0 Å². The molecular weight excluding hydrogens is 292 g/mol. The van der Waals surface area contributed by atoms with Gasteiger partial charge in [-0.2, -0.15) is 0 Å². The summed E-state index contributed by atoms with van der Waals surface area (Å²) in [5, 5.41) is 3.39. The zero-order chi connectivity index (χ0) is 17.1. The van der Waals surface area contributed by atoms with Crippen molar-refractivity contribution in [3.63, 3.8) is 0 Å². The lowest BCUT2D eigenvalue weighted by Crippen LogP contribution is -2.39. The molecule has 0 fully saturated rings. The fourth-order valence-corrected chi connectivity index (χ4v) is 2.41. The van der Waals surface area contributed by atoms with Gasteiger partial charge in [-0.25, -0.2) is 0 Å². The maximum Gasteiger partial charge on any atom is 0.305 e. The summed E-state index contributed by atoms with van der Waals surface area (Å²) in [4.78, 5) is 17.4. The topological polar surface area (TPSA) is 58.9 Å². The Morgan fingerprint density at radius 3 is 2.70 bits per heavy atom. The highest BCUT2D eigenvalue weighted by Gasteiger charge is 2.07. The van der Waals surface area contributed by atoms with E-state index in [-0.39, 0.29) is 5.97 Å². The molecule has 0 aromatic carbocycles. The standard InChI is InChI=1S/C17H30N4O2/c1-18-17(21(3)14-15-10-9-13-20(15)2)19-12-8-6-5-7-11-16(22)23-4/h9-10,13H,5-8,11-12,14H2,1-4H3,(H,18,19). The predicted octanol–water partition coefficient (Wildman–Crippen LogP) is 2.16. The van der Waals surface area contributed by atoms with Crippen LogP contribution in [0.25, 0.3) is 0 Å². The van der Waals surface area contributed by atoms with E-state index in [1.165, 1.54) is 12.8 Å². The van der Waals surface area contributed by atoms with E-state index < -0.39 is 0 Å². The number of nitrogens with zero attached hydrogens (tertiary/aromatic N) is 3. The Bertz CT molecular complexity index is 497. The summed E-state index contributed by atoms with van der Waals surface area (Å²) in [5.41, 5.74) is 1.25. The van der Waals surface area contributed by atoms with Crippen molar-refractivity contribution in [1.82, 2.24) is 14.8 Å². The molecule has 0 aliphatic carbocycles. The molecule has 0 aliphatic rings. The number of aryl methyl sites for hydroxylation is 1. The maximum absolute atomic E-state index is 11.0. The van der Waals surface area contributed by atoms with E-state index >= 15 is 0 Å². The number of aliphatic imine (C=N–C) groups is 1. The molecule has 0 saturated heterocycles. The predicted molar refractivity (Wildman–Crippen MR) is 93.3 cm³/mol. The second-order valence-corrected chi connectivity index (χ2v) is 5.68. The zero-order valence-electron chi connectivity index (χ0n) is 14.8. The molecule has 0 amide bonds. The van der Waals surface area contributed by atoms with Crippen molar-refractivity contribution in [2.24, 2.45) is 12.0 Å². The van der Waals surface area contributed by atoms with Crippen molar-refractivity contribution in [3.8, 4) is 0 Å². The van der Waals surface area contributed by atoms with Crippen LogP contribution in [0.1, 0.15) is 37.8 Å². The normalized spacial score (nSPS) is 11.4. The van der Waals surface area contributed by atoms with Gasteiger partial charge in [-0.3, -0.25) is 9.79 Å². The van der Waals surface area contributed by atoms with Gasteiger partial charge in [-0.1, -0.05) is 12.8 Å². The maximum atomic E-state index is 11.0. The number of unbranched alkanes of at least 4 members (excludes halogenated alkanes) is 3. The number of nitrogens with one attached hydrogen (secondary N) is 1. The molecule has 0 unspecified atom stereocenters. The van der Waals surface area contributed by atoms with E-state index in [1.807, 2.05) is 26.4 Å². The summed E-state index contributed by atoms with van der Waals surface area (Å²) in [6.45, 7) is 1.71. The van der Waals surface area contributed by atoms with E-state index in [1.54, 1.807) is 7.05 Å². The minimum Gasteiger partial charge on any atom is -0.469 e. The first-order valence-corrected chi connectivity index (χ1v) is 8.17. The van der Waals surface area contributed by atoms with Crippen LogP contribution in [0.3, 0.4) is 0 Å². The molecule has 0 spiro atoms. The fourth-order valence-electron chi connectivity index (χ4n) is 2.41. The largest absolute Gasteiger partial charge is 0.469 e. The molecule has 0 aliphatic heterocycles. The summed E-state index contributed by atoms with van der Waals surface area (Å²) in [5.74, 6) is 0.784. The Morgan fingerprint density at radius 2 is 2.09 bits per heavy atom. The quantitative estimate of drug-likeness (QED) is 0.328. The lowest BCUT2D eigenvalue weighted by atomic mass is 10.1. The zero-order valence-corrected chi connectivity index (χ0v) is 14.8. The number of aromatic nitrogens is 1. The van der Waals surface area contributed by atoms with Gasteiger partial charge in [0.25, 0.3) is 0 Å². The first kappa shape index (κ1) is 19.1. The molecule has 1 N–H and O–H groups in total. The molecule has 0 saturated carbocycles. The highest BCUT2D eigenvalue weighted by atomic mass is 16.5. The van der Waals surface area contributed by atoms with Gasteiger partial charge in [0.05, 0.1) is 13.7 Å². The summed E-state index contributed by atoms with van der Waals surface area (Å²) in [6.07, 6.45) is 6.68. The SMILES string of the molecule is CN=C(NCCCCCCC(=O)OC)N(C)Cc1cccn1C. The third kappa shape index (κ3) is 7.21. The molecule has 6 heteroatoms. The minimum absolute atomic E-state index is 0.120. The number of hydrogen-bond acceptors (Lipinski definition) is 3. The van der Waals surface area contributed by atoms with Gasteiger partial charge in [-0.05, 0) is 25.0 Å². The van der Waals surface area contributed by atoms with Crippen LogP contribution in [-0.4, -0.2) is 49.1 Å². The Kier molecular flexibility index (Phi) is 8.87. The third-order valence-electron chi connectivity index (χ3n) is 3.84. The first-order chi connectivity index (χ1) is 11.1. The molecule has 0 atom stereocenters. The van der Waals surface area contributed by atoms with Gasteiger partial charge >= 0.3 is 5.97 Å². The number of carbonyl (C=O) groups excluding carboxylic acids is 1. The average Bonchev–Trinajstić information content (AvgIpc) is 2.94. The summed E-state index contributed by atoms with van der Waals surface area (Å²) in [7, 11) is 7.33. The summed E-state index contributed by atoms with van der Waals surface area (Å²) in [6, 6.07) is 4.17. The van der Waals surface area contributed by atoms with Crippen molar-refractivity contribution in [1.29, 1.82) is 0 Å². The Hall–Kier alpha value is -1.98. The van der Waals surface area contributed by atoms with E-state index in [4.69, 9.17) is 0 Å². The van der Waals surface area contributed by atoms with Crippen LogP contribution in [0.5, 0.6) is 0 Å². The molecule has 23 heavy (non-hydrogen) atoms. The van der Waals surface area contributed by atoms with Crippen LogP contribution < -0.4 is 5.32 Å². The Morgan fingerprint density at radius 1 is 1.35 bits per heavy atom. The lowest BCUT2D eigenvalue weighted by molar-refractivity contribution is -0.140. The van der Waals surface area contributed by atoms with Crippen LogP contribution in [0, 0.1) is 0 Å².